The lowest BCUT2D eigenvalue weighted by atomic mass is 10.2. The third kappa shape index (κ3) is 4.92. The summed E-state index contributed by atoms with van der Waals surface area (Å²) < 4.78 is 6.34. The van der Waals surface area contributed by atoms with Gasteiger partial charge in [-0.2, -0.15) is 0 Å². The van der Waals surface area contributed by atoms with Gasteiger partial charge in [0.05, 0.1) is 13.2 Å². The Morgan fingerprint density at radius 3 is 2.83 bits per heavy atom. The van der Waals surface area contributed by atoms with Crippen molar-refractivity contribution in [1.82, 2.24) is 9.88 Å². The molecule has 1 N–H and O–H groups in total. The highest BCUT2D eigenvalue weighted by atomic mass is 79.9. The predicted molar refractivity (Wildman–Crippen MR) is 76.9 cm³/mol. The van der Waals surface area contributed by atoms with Crippen LogP contribution >= 0.6 is 15.9 Å². The number of aromatic nitrogens is 1. The molecule has 2 heterocycles. The topological polar surface area (TPSA) is 37.4 Å². The minimum absolute atomic E-state index is 0.890. The van der Waals surface area contributed by atoms with Crippen LogP contribution in [0.2, 0.25) is 0 Å². The molecule has 5 heteroatoms. The van der Waals surface area contributed by atoms with Gasteiger partial charge in [0.2, 0.25) is 0 Å². The molecule has 1 aromatic rings. The monoisotopic (exact) mass is 313 g/mol. The van der Waals surface area contributed by atoms with Gasteiger partial charge >= 0.3 is 0 Å². The molecule has 1 fully saturated rings. The maximum absolute atomic E-state index is 5.33. The van der Waals surface area contributed by atoms with E-state index in [-0.39, 0.29) is 0 Å². The number of rotatable bonds is 6. The zero-order valence-corrected chi connectivity index (χ0v) is 12.2. The van der Waals surface area contributed by atoms with Crippen molar-refractivity contribution in [1.29, 1.82) is 0 Å². The zero-order chi connectivity index (χ0) is 12.6. The lowest BCUT2D eigenvalue weighted by Crippen LogP contribution is -2.36. The molecule has 0 aliphatic carbocycles. The Labute approximate surface area is 117 Å². The maximum Gasteiger partial charge on any atom is 0.125 e. The second kappa shape index (κ2) is 7.71. The standard InChI is InChI=1S/C13H20BrN3O/c14-12-3-4-13(16-11-12)15-5-1-2-6-17-7-9-18-10-8-17/h3-4,11H,1-2,5-10H2,(H,15,16). The third-order valence-electron chi connectivity index (χ3n) is 3.04. The molecule has 0 amide bonds. The Morgan fingerprint density at radius 1 is 1.28 bits per heavy atom. The van der Waals surface area contributed by atoms with Crippen molar-refractivity contribution in [3.8, 4) is 0 Å². The first-order valence-electron chi connectivity index (χ1n) is 6.50. The summed E-state index contributed by atoms with van der Waals surface area (Å²) in [6.45, 7) is 6.11. The number of unbranched alkanes of at least 4 members (excludes halogenated alkanes) is 1. The van der Waals surface area contributed by atoms with E-state index in [9.17, 15) is 0 Å². The van der Waals surface area contributed by atoms with Crippen LogP contribution < -0.4 is 5.32 Å². The van der Waals surface area contributed by atoms with Crippen molar-refractivity contribution in [2.45, 2.75) is 12.8 Å². The van der Waals surface area contributed by atoms with E-state index in [2.05, 4.69) is 31.1 Å². The normalized spacial score (nSPS) is 16.7. The summed E-state index contributed by atoms with van der Waals surface area (Å²) in [5.74, 6) is 0.949. The Bertz CT molecular complexity index is 339. The van der Waals surface area contributed by atoms with Gasteiger partial charge in [-0.25, -0.2) is 4.98 Å². The number of ether oxygens (including phenoxy) is 1. The first kappa shape index (κ1) is 13.8. The second-order valence-electron chi connectivity index (χ2n) is 4.45. The summed E-state index contributed by atoms with van der Waals surface area (Å²) in [6, 6.07) is 4.00. The van der Waals surface area contributed by atoms with Crippen LogP contribution in [0.1, 0.15) is 12.8 Å². The molecule has 2 rings (SSSR count). The summed E-state index contributed by atoms with van der Waals surface area (Å²) in [6.07, 6.45) is 4.22. The molecule has 0 unspecified atom stereocenters. The number of nitrogens with one attached hydrogen (secondary N) is 1. The van der Waals surface area contributed by atoms with Crippen LogP contribution in [0.25, 0.3) is 0 Å². The summed E-state index contributed by atoms with van der Waals surface area (Å²) in [5.41, 5.74) is 0. The molecule has 1 aliphatic rings. The van der Waals surface area contributed by atoms with E-state index in [1.165, 1.54) is 19.4 Å². The number of hydrogen-bond donors (Lipinski definition) is 1. The van der Waals surface area contributed by atoms with Crippen molar-refractivity contribution >= 4 is 21.7 Å². The van der Waals surface area contributed by atoms with Crippen molar-refractivity contribution in [3.05, 3.63) is 22.8 Å². The number of pyridine rings is 1. The van der Waals surface area contributed by atoms with Gasteiger partial charge < -0.3 is 10.1 Å². The molecule has 0 aromatic carbocycles. The Hall–Kier alpha value is -0.650. The molecule has 100 valence electrons. The van der Waals surface area contributed by atoms with E-state index < -0.39 is 0 Å². The van der Waals surface area contributed by atoms with Crippen LogP contribution in [-0.4, -0.2) is 49.3 Å². The van der Waals surface area contributed by atoms with Gasteiger partial charge in [0.1, 0.15) is 5.82 Å². The van der Waals surface area contributed by atoms with E-state index in [0.29, 0.717) is 0 Å². The number of halogens is 1. The van der Waals surface area contributed by atoms with Crippen LogP contribution in [-0.2, 0) is 4.74 Å². The summed E-state index contributed by atoms with van der Waals surface area (Å²) in [4.78, 5) is 6.75. The van der Waals surface area contributed by atoms with Crippen molar-refractivity contribution < 1.29 is 4.74 Å². The number of anilines is 1. The molecule has 1 saturated heterocycles. The molecule has 0 spiro atoms. The molecule has 1 aromatic heterocycles. The molecular formula is C13H20BrN3O. The average molecular weight is 314 g/mol. The first-order valence-corrected chi connectivity index (χ1v) is 7.29. The van der Waals surface area contributed by atoms with Gasteiger partial charge in [0, 0.05) is 30.3 Å². The molecule has 0 saturated carbocycles. The third-order valence-corrected chi connectivity index (χ3v) is 3.51. The van der Waals surface area contributed by atoms with E-state index in [1.807, 2.05) is 18.3 Å². The summed E-state index contributed by atoms with van der Waals surface area (Å²) in [5, 5.41) is 3.33. The Morgan fingerprint density at radius 2 is 2.11 bits per heavy atom. The summed E-state index contributed by atoms with van der Waals surface area (Å²) >= 11 is 3.38. The van der Waals surface area contributed by atoms with Gasteiger partial charge in [-0.15, -0.1) is 0 Å². The van der Waals surface area contributed by atoms with Crippen LogP contribution in [0.4, 0.5) is 5.82 Å². The zero-order valence-electron chi connectivity index (χ0n) is 10.6. The molecule has 1 aliphatic heterocycles. The quantitative estimate of drug-likeness (QED) is 0.818. The SMILES string of the molecule is Brc1ccc(NCCCCN2CCOCC2)nc1. The molecule has 0 atom stereocenters. The largest absolute Gasteiger partial charge is 0.379 e. The van der Waals surface area contributed by atoms with Crippen LogP contribution in [0, 0.1) is 0 Å². The fraction of sp³-hybridized carbons (Fsp3) is 0.615. The lowest BCUT2D eigenvalue weighted by molar-refractivity contribution is 0.0373. The minimum atomic E-state index is 0.890. The van der Waals surface area contributed by atoms with Crippen molar-refractivity contribution in [3.63, 3.8) is 0 Å². The highest BCUT2D eigenvalue weighted by molar-refractivity contribution is 9.10. The molecule has 4 nitrogen and oxygen atoms in total. The molecule has 0 radical (unpaired) electrons. The first-order chi connectivity index (χ1) is 8.84. The molecule has 18 heavy (non-hydrogen) atoms. The van der Waals surface area contributed by atoms with Gasteiger partial charge in [-0.1, -0.05) is 0 Å². The van der Waals surface area contributed by atoms with Gasteiger partial charge in [-0.05, 0) is 47.4 Å². The number of morpholine rings is 1. The van der Waals surface area contributed by atoms with E-state index in [0.717, 1.165) is 43.1 Å². The molecule has 0 bridgehead atoms. The van der Waals surface area contributed by atoms with E-state index in [1.54, 1.807) is 0 Å². The van der Waals surface area contributed by atoms with Crippen LogP contribution in [0.5, 0.6) is 0 Å². The Kier molecular flexibility index (Phi) is 5.90. The average Bonchev–Trinajstić information content (AvgIpc) is 2.42. The van der Waals surface area contributed by atoms with Crippen LogP contribution in [0.3, 0.4) is 0 Å². The summed E-state index contributed by atoms with van der Waals surface area (Å²) in [7, 11) is 0. The lowest BCUT2D eigenvalue weighted by Gasteiger charge is -2.26. The number of hydrogen-bond acceptors (Lipinski definition) is 4. The highest BCUT2D eigenvalue weighted by Crippen LogP contribution is 2.10. The van der Waals surface area contributed by atoms with E-state index in [4.69, 9.17) is 4.74 Å². The Balaban J connectivity index is 1.54. The van der Waals surface area contributed by atoms with E-state index >= 15 is 0 Å². The van der Waals surface area contributed by atoms with Gasteiger partial charge in [0.15, 0.2) is 0 Å². The van der Waals surface area contributed by atoms with Crippen LogP contribution in [0.15, 0.2) is 22.8 Å². The van der Waals surface area contributed by atoms with Crippen molar-refractivity contribution in [2.75, 3.05) is 44.7 Å². The van der Waals surface area contributed by atoms with Gasteiger partial charge in [-0.3, -0.25) is 4.90 Å². The maximum atomic E-state index is 5.33. The molecular weight excluding hydrogens is 294 g/mol. The smallest absolute Gasteiger partial charge is 0.125 e. The second-order valence-corrected chi connectivity index (χ2v) is 5.37. The minimum Gasteiger partial charge on any atom is -0.379 e. The fourth-order valence-electron chi connectivity index (χ4n) is 1.98. The van der Waals surface area contributed by atoms with Gasteiger partial charge in [0.25, 0.3) is 0 Å². The van der Waals surface area contributed by atoms with Crippen molar-refractivity contribution in [2.24, 2.45) is 0 Å². The highest BCUT2D eigenvalue weighted by Gasteiger charge is 2.08. The number of nitrogens with zero attached hydrogens (tertiary/aromatic N) is 2. The predicted octanol–water partition coefficient (Wildman–Crippen LogP) is 2.37. The fourth-order valence-corrected chi connectivity index (χ4v) is 2.22.